The number of hydrogen-bond donors (Lipinski definition) is 1. The molecule has 11 heavy (non-hydrogen) atoms. The Labute approximate surface area is 71.1 Å². The number of rotatable bonds is 6. The van der Waals surface area contributed by atoms with E-state index in [1.54, 1.807) is 4.92 Å². The Morgan fingerprint density at radius 1 is 1.36 bits per heavy atom. The van der Waals surface area contributed by atoms with E-state index in [4.69, 9.17) is 7.98 Å². The molecule has 0 amide bonds. The minimum Gasteiger partial charge on any atom is -0.298 e. The van der Waals surface area contributed by atoms with E-state index in [-0.39, 0.29) is 0 Å². The number of nitrogens with zero attached hydrogens (tertiary/aromatic N) is 1. The Bertz CT molecular complexity index is 104. The zero-order valence-corrected chi connectivity index (χ0v) is 7.51. The summed E-state index contributed by atoms with van der Waals surface area (Å²) in [7, 11) is 5.48. The molecule has 0 atom stereocenters. The van der Waals surface area contributed by atoms with Gasteiger partial charge in [0.25, 0.3) is 0 Å². The molecule has 0 saturated carbocycles. The molecule has 62 valence electrons. The van der Waals surface area contributed by atoms with Crippen molar-refractivity contribution in [2.24, 2.45) is 0 Å². The first-order valence-electron chi connectivity index (χ1n) is 4.22. The fourth-order valence-corrected chi connectivity index (χ4v) is 0.650. The van der Waals surface area contributed by atoms with Crippen LogP contribution in [0.2, 0.25) is 0 Å². The highest BCUT2D eigenvalue weighted by Gasteiger charge is 1.86. The van der Waals surface area contributed by atoms with Crippen molar-refractivity contribution in [1.29, 1.82) is 0 Å². The van der Waals surface area contributed by atoms with Crippen LogP contribution in [0.3, 0.4) is 0 Å². The van der Waals surface area contributed by atoms with Crippen molar-refractivity contribution in [2.75, 3.05) is 13.1 Å². The van der Waals surface area contributed by atoms with Crippen molar-refractivity contribution in [3.8, 4) is 0 Å². The van der Waals surface area contributed by atoms with Crippen molar-refractivity contribution < 1.29 is 0 Å². The Morgan fingerprint density at radius 2 is 2.09 bits per heavy atom. The molecule has 0 aliphatic carbocycles. The first-order valence-corrected chi connectivity index (χ1v) is 4.22. The lowest BCUT2D eigenvalue weighted by Crippen LogP contribution is -2.35. The zero-order chi connectivity index (χ0) is 8.53. The maximum absolute atomic E-state index is 5.48. The van der Waals surface area contributed by atoms with Gasteiger partial charge in [0.05, 0.1) is 0 Å². The molecule has 0 fully saturated rings. The van der Waals surface area contributed by atoms with Crippen LogP contribution in [0.1, 0.15) is 26.7 Å². The van der Waals surface area contributed by atoms with Crippen molar-refractivity contribution in [3.63, 3.8) is 0 Å². The molecule has 0 aromatic rings. The number of nitrogens with one attached hydrogen (secondary N) is 1. The van der Waals surface area contributed by atoms with Crippen molar-refractivity contribution >= 4 is 7.98 Å². The molecule has 3 heteroatoms. The highest BCUT2D eigenvalue weighted by atomic mass is 15.4. The first kappa shape index (κ1) is 10.7. The smallest absolute Gasteiger partial charge is 0.206 e. The second-order valence-electron chi connectivity index (χ2n) is 2.41. The molecule has 0 heterocycles. The molecule has 0 bridgehead atoms. The average molecular weight is 152 g/mol. The van der Waals surface area contributed by atoms with Gasteiger partial charge in [0.15, 0.2) is 0 Å². The molecule has 2 nitrogen and oxygen atoms in total. The van der Waals surface area contributed by atoms with E-state index in [2.05, 4.69) is 24.5 Å². The molecule has 1 N–H and O–H groups in total. The summed E-state index contributed by atoms with van der Waals surface area (Å²) in [6, 6.07) is 0. The van der Waals surface area contributed by atoms with Crippen LogP contribution in [-0.4, -0.2) is 26.0 Å². The molecule has 0 aliphatic rings. The molecule has 0 aliphatic heterocycles. The van der Waals surface area contributed by atoms with Crippen LogP contribution in [0.25, 0.3) is 0 Å². The lowest BCUT2D eigenvalue weighted by atomic mass is 10.3. The summed E-state index contributed by atoms with van der Waals surface area (Å²) in [4.78, 5) is 1.58. The summed E-state index contributed by atoms with van der Waals surface area (Å²) >= 11 is 0. The largest absolute Gasteiger partial charge is 0.298 e. The third-order valence-corrected chi connectivity index (χ3v) is 1.37. The molecule has 2 radical (unpaired) electrons. The number of hydrogen-bond acceptors (Lipinski definition) is 2. The van der Waals surface area contributed by atoms with Crippen LogP contribution in [-0.2, 0) is 0 Å². The SMILES string of the molecule is [B]N(CC)NC/C=C\CCC. The number of unbranched alkanes of at least 4 members (excludes halogenated alkanes) is 1. The van der Waals surface area contributed by atoms with E-state index < -0.39 is 0 Å². The minimum absolute atomic E-state index is 0.821. The van der Waals surface area contributed by atoms with Gasteiger partial charge in [-0.15, -0.1) is 0 Å². The summed E-state index contributed by atoms with van der Waals surface area (Å²) in [6.45, 7) is 5.81. The minimum atomic E-state index is 0.821. The molecular weight excluding hydrogens is 135 g/mol. The third-order valence-electron chi connectivity index (χ3n) is 1.37. The van der Waals surface area contributed by atoms with Crippen molar-refractivity contribution in [3.05, 3.63) is 12.2 Å². The topological polar surface area (TPSA) is 15.3 Å². The standard InChI is InChI=1S/C8H17BN2/c1-3-5-6-7-8-10-11(9)4-2/h6-7,10H,3-5,8H2,1-2H3/b7-6-. The van der Waals surface area contributed by atoms with Gasteiger partial charge in [0.1, 0.15) is 0 Å². The van der Waals surface area contributed by atoms with Crippen LogP contribution in [0.5, 0.6) is 0 Å². The quantitative estimate of drug-likeness (QED) is 0.350. The normalized spacial score (nSPS) is 11.5. The van der Waals surface area contributed by atoms with E-state index in [1.807, 2.05) is 6.92 Å². The number of hydrazine groups is 1. The molecule has 0 unspecified atom stereocenters. The first-order chi connectivity index (χ1) is 5.31. The van der Waals surface area contributed by atoms with Crippen LogP contribution in [0, 0.1) is 0 Å². The van der Waals surface area contributed by atoms with Gasteiger partial charge in [-0.25, -0.2) is 0 Å². The second kappa shape index (κ2) is 7.83. The van der Waals surface area contributed by atoms with Gasteiger partial charge in [-0.05, 0) is 13.0 Å². The van der Waals surface area contributed by atoms with Crippen molar-refractivity contribution in [2.45, 2.75) is 26.7 Å². The van der Waals surface area contributed by atoms with E-state index in [0.717, 1.165) is 19.5 Å². The van der Waals surface area contributed by atoms with Gasteiger partial charge in [0, 0.05) is 6.54 Å². The van der Waals surface area contributed by atoms with Gasteiger partial charge < -0.3 is 0 Å². The zero-order valence-electron chi connectivity index (χ0n) is 7.51. The maximum Gasteiger partial charge on any atom is 0.206 e. The average Bonchev–Trinajstić information content (AvgIpc) is 2.04. The predicted molar refractivity (Wildman–Crippen MR) is 50.2 cm³/mol. The highest BCUT2D eigenvalue weighted by molar-refractivity contribution is 6.03. The Hall–Kier alpha value is -0.275. The molecule has 0 rings (SSSR count). The molecular formula is C8H17BN2. The van der Waals surface area contributed by atoms with Gasteiger partial charge in [-0.3, -0.25) is 10.3 Å². The van der Waals surface area contributed by atoms with Crippen LogP contribution >= 0.6 is 0 Å². The van der Waals surface area contributed by atoms with E-state index in [1.165, 1.54) is 6.42 Å². The van der Waals surface area contributed by atoms with Crippen LogP contribution in [0.4, 0.5) is 0 Å². The summed E-state index contributed by atoms with van der Waals surface area (Å²) in [5.41, 5.74) is 3.02. The summed E-state index contributed by atoms with van der Waals surface area (Å²) in [5, 5.41) is 0. The predicted octanol–water partition coefficient (Wildman–Crippen LogP) is 1.25. The van der Waals surface area contributed by atoms with Gasteiger partial charge in [-0.2, -0.15) is 0 Å². The van der Waals surface area contributed by atoms with Crippen LogP contribution < -0.4 is 5.43 Å². The fourth-order valence-electron chi connectivity index (χ4n) is 0.650. The lowest BCUT2D eigenvalue weighted by Gasteiger charge is -2.14. The Morgan fingerprint density at radius 3 is 2.64 bits per heavy atom. The van der Waals surface area contributed by atoms with E-state index >= 15 is 0 Å². The summed E-state index contributed by atoms with van der Waals surface area (Å²) < 4.78 is 0. The van der Waals surface area contributed by atoms with Gasteiger partial charge in [0.2, 0.25) is 7.98 Å². The monoisotopic (exact) mass is 152 g/mol. The Balaban J connectivity index is 3.12. The van der Waals surface area contributed by atoms with Crippen LogP contribution in [0.15, 0.2) is 12.2 Å². The maximum atomic E-state index is 5.48. The Kier molecular flexibility index (Phi) is 7.63. The van der Waals surface area contributed by atoms with E-state index in [0.29, 0.717) is 0 Å². The second-order valence-corrected chi connectivity index (χ2v) is 2.41. The third kappa shape index (κ3) is 7.62. The lowest BCUT2D eigenvalue weighted by molar-refractivity contribution is 0.371. The van der Waals surface area contributed by atoms with Gasteiger partial charge in [-0.1, -0.05) is 32.4 Å². The van der Waals surface area contributed by atoms with E-state index in [9.17, 15) is 0 Å². The van der Waals surface area contributed by atoms with Gasteiger partial charge >= 0.3 is 0 Å². The highest BCUT2D eigenvalue weighted by Crippen LogP contribution is 1.86. The molecule has 0 saturated heterocycles. The molecule has 0 spiro atoms. The summed E-state index contributed by atoms with van der Waals surface area (Å²) in [5.74, 6) is 0. The molecule has 0 aromatic carbocycles. The number of allylic oxidation sites excluding steroid dienone is 1. The summed E-state index contributed by atoms with van der Waals surface area (Å²) in [6.07, 6.45) is 6.62. The fraction of sp³-hybridized carbons (Fsp3) is 0.750. The molecule has 0 aromatic heterocycles. The van der Waals surface area contributed by atoms with Crippen molar-refractivity contribution in [1.82, 2.24) is 10.3 Å².